The molecule has 1 N–H and O–H groups in total. The molecule has 0 spiro atoms. The third kappa shape index (κ3) is 5.63. The molecule has 5 nitrogen and oxygen atoms in total. The summed E-state index contributed by atoms with van der Waals surface area (Å²) in [6.45, 7) is 9.08. The molecule has 0 saturated carbocycles. The van der Waals surface area contributed by atoms with E-state index in [1.54, 1.807) is 7.11 Å². The maximum Gasteiger partial charge on any atom is 0.0899 e. The number of ether oxygens (including phenoxy) is 2. The molecule has 0 aliphatic carbocycles. The Balaban J connectivity index is 2.28. The first-order chi connectivity index (χ1) is 8.52. The van der Waals surface area contributed by atoms with Crippen molar-refractivity contribution in [1.29, 1.82) is 0 Å². The highest BCUT2D eigenvalue weighted by Gasteiger charge is 2.23. The van der Waals surface area contributed by atoms with Crippen LogP contribution in [0.1, 0.15) is 13.8 Å². The molecule has 18 heavy (non-hydrogen) atoms. The van der Waals surface area contributed by atoms with Crippen LogP contribution in [-0.4, -0.2) is 86.7 Å². The van der Waals surface area contributed by atoms with Crippen molar-refractivity contribution in [1.82, 2.24) is 9.80 Å². The lowest BCUT2D eigenvalue weighted by Gasteiger charge is -2.37. The second-order valence-corrected chi connectivity index (χ2v) is 5.41. The Morgan fingerprint density at radius 3 is 2.83 bits per heavy atom. The average Bonchev–Trinajstić information content (AvgIpc) is 2.29. The van der Waals surface area contributed by atoms with E-state index in [1.165, 1.54) is 0 Å². The Morgan fingerprint density at radius 2 is 2.22 bits per heavy atom. The molecule has 0 aromatic heterocycles. The number of morpholine rings is 1. The minimum absolute atomic E-state index is 0.237. The Kier molecular flexibility index (Phi) is 7.11. The first-order valence-corrected chi connectivity index (χ1v) is 6.74. The standard InChI is InChI=1S/C13H28N2O3/c1-11(2)15-5-6-18-13(9-15)8-14(3)7-12(16)10-17-4/h11-13,16H,5-10H2,1-4H3. The average molecular weight is 260 g/mol. The minimum atomic E-state index is -0.426. The summed E-state index contributed by atoms with van der Waals surface area (Å²) in [6.07, 6.45) is -0.189. The maximum atomic E-state index is 9.67. The molecular weight excluding hydrogens is 232 g/mol. The van der Waals surface area contributed by atoms with Gasteiger partial charge in [-0.15, -0.1) is 0 Å². The van der Waals surface area contributed by atoms with Crippen LogP contribution in [0.25, 0.3) is 0 Å². The van der Waals surface area contributed by atoms with Gasteiger partial charge in [0, 0.05) is 39.3 Å². The lowest BCUT2D eigenvalue weighted by molar-refractivity contribution is -0.0546. The largest absolute Gasteiger partial charge is 0.389 e. The van der Waals surface area contributed by atoms with Crippen molar-refractivity contribution < 1.29 is 14.6 Å². The zero-order valence-electron chi connectivity index (χ0n) is 12.1. The van der Waals surface area contributed by atoms with Gasteiger partial charge < -0.3 is 19.5 Å². The Hall–Kier alpha value is -0.200. The molecule has 1 heterocycles. The molecule has 1 aliphatic rings. The van der Waals surface area contributed by atoms with Crippen molar-refractivity contribution in [2.75, 3.05) is 53.6 Å². The number of aliphatic hydroxyl groups is 1. The van der Waals surface area contributed by atoms with Crippen molar-refractivity contribution in [3.63, 3.8) is 0 Å². The van der Waals surface area contributed by atoms with Crippen LogP contribution in [0.2, 0.25) is 0 Å². The lowest BCUT2D eigenvalue weighted by atomic mass is 10.2. The third-order valence-corrected chi connectivity index (χ3v) is 3.30. The van der Waals surface area contributed by atoms with E-state index in [0.29, 0.717) is 19.2 Å². The number of hydrogen-bond acceptors (Lipinski definition) is 5. The lowest BCUT2D eigenvalue weighted by Crippen LogP contribution is -2.50. The van der Waals surface area contributed by atoms with Gasteiger partial charge in [-0.3, -0.25) is 4.90 Å². The van der Waals surface area contributed by atoms with Crippen LogP contribution in [0.3, 0.4) is 0 Å². The predicted molar refractivity (Wildman–Crippen MR) is 71.8 cm³/mol. The maximum absolute atomic E-state index is 9.67. The van der Waals surface area contributed by atoms with Gasteiger partial charge in [0.15, 0.2) is 0 Å². The number of hydrogen-bond donors (Lipinski definition) is 1. The zero-order chi connectivity index (χ0) is 13.5. The zero-order valence-corrected chi connectivity index (χ0v) is 12.1. The number of nitrogens with zero attached hydrogens (tertiary/aromatic N) is 2. The summed E-state index contributed by atoms with van der Waals surface area (Å²) >= 11 is 0. The number of rotatable bonds is 7. The molecule has 2 atom stereocenters. The smallest absolute Gasteiger partial charge is 0.0899 e. The molecule has 1 fully saturated rings. The van der Waals surface area contributed by atoms with Gasteiger partial charge in [0.05, 0.1) is 25.4 Å². The van der Waals surface area contributed by atoms with Crippen LogP contribution in [0.4, 0.5) is 0 Å². The van der Waals surface area contributed by atoms with Gasteiger partial charge in [0.25, 0.3) is 0 Å². The van der Waals surface area contributed by atoms with Crippen LogP contribution < -0.4 is 0 Å². The molecule has 0 aromatic carbocycles. The Morgan fingerprint density at radius 1 is 1.50 bits per heavy atom. The highest BCUT2D eigenvalue weighted by Crippen LogP contribution is 2.09. The van der Waals surface area contributed by atoms with Gasteiger partial charge in [0.2, 0.25) is 0 Å². The second kappa shape index (κ2) is 8.07. The fourth-order valence-electron chi connectivity index (χ4n) is 2.35. The number of methoxy groups -OCH3 is 1. The van der Waals surface area contributed by atoms with Crippen LogP contribution >= 0.6 is 0 Å². The summed E-state index contributed by atoms with van der Waals surface area (Å²) in [6, 6.07) is 0.570. The van der Waals surface area contributed by atoms with E-state index in [0.717, 1.165) is 26.2 Å². The fourth-order valence-corrected chi connectivity index (χ4v) is 2.35. The van der Waals surface area contributed by atoms with E-state index in [-0.39, 0.29) is 6.10 Å². The van der Waals surface area contributed by atoms with Crippen molar-refractivity contribution in [3.8, 4) is 0 Å². The quantitative estimate of drug-likeness (QED) is 0.700. The molecule has 2 unspecified atom stereocenters. The second-order valence-electron chi connectivity index (χ2n) is 5.41. The summed E-state index contributed by atoms with van der Waals surface area (Å²) in [5, 5.41) is 9.67. The van der Waals surface area contributed by atoms with Gasteiger partial charge in [-0.05, 0) is 20.9 Å². The summed E-state index contributed by atoms with van der Waals surface area (Å²) in [4.78, 5) is 4.55. The van der Waals surface area contributed by atoms with Crippen LogP contribution in [0, 0.1) is 0 Å². The topological polar surface area (TPSA) is 45.2 Å². The first kappa shape index (κ1) is 15.9. The Labute approximate surface area is 111 Å². The van der Waals surface area contributed by atoms with Crippen molar-refractivity contribution >= 4 is 0 Å². The van der Waals surface area contributed by atoms with E-state index in [9.17, 15) is 5.11 Å². The van der Waals surface area contributed by atoms with Crippen molar-refractivity contribution in [2.24, 2.45) is 0 Å². The third-order valence-electron chi connectivity index (χ3n) is 3.30. The summed E-state index contributed by atoms with van der Waals surface area (Å²) in [7, 11) is 3.62. The van der Waals surface area contributed by atoms with Gasteiger partial charge >= 0.3 is 0 Å². The molecule has 1 rings (SSSR count). The summed E-state index contributed by atoms with van der Waals surface area (Å²) < 4.78 is 10.7. The van der Waals surface area contributed by atoms with Crippen molar-refractivity contribution in [3.05, 3.63) is 0 Å². The fraction of sp³-hybridized carbons (Fsp3) is 1.00. The minimum Gasteiger partial charge on any atom is -0.389 e. The van der Waals surface area contributed by atoms with Gasteiger partial charge in [-0.25, -0.2) is 0 Å². The highest BCUT2D eigenvalue weighted by molar-refractivity contribution is 4.76. The number of likely N-dealkylation sites (N-methyl/N-ethyl adjacent to an activating group) is 1. The number of aliphatic hydroxyl groups excluding tert-OH is 1. The molecule has 0 bridgehead atoms. The summed E-state index contributed by atoms with van der Waals surface area (Å²) in [5.41, 5.74) is 0. The van der Waals surface area contributed by atoms with Gasteiger partial charge in [0.1, 0.15) is 0 Å². The SMILES string of the molecule is COCC(O)CN(C)CC1CN(C(C)C)CCO1. The van der Waals surface area contributed by atoms with Gasteiger partial charge in [-0.1, -0.05) is 0 Å². The summed E-state index contributed by atoms with van der Waals surface area (Å²) in [5.74, 6) is 0. The van der Waals surface area contributed by atoms with Crippen molar-refractivity contribution in [2.45, 2.75) is 32.1 Å². The van der Waals surface area contributed by atoms with E-state index >= 15 is 0 Å². The van der Waals surface area contributed by atoms with E-state index < -0.39 is 6.10 Å². The molecule has 1 aliphatic heterocycles. The molecule has 1 saturated heterocycles. The Bertz CT molecular complexity index is 226. The molecular formula is C13H28N2O3. The first-order valence-electron chi connectivity index (χ1n) is 6.74. The van der Waals surface area contributed by atoms with E-state index in [4.69, 9.17) is 9.47 Å². The molecule has 108 valence electrons. The molecule has 0 radical (unpaired) electrons. The molecule has 0 aromatic rings. The van der Waals surface area contributed by atoms with E-state index in [1.807, 2.05) is 7.05 Å². The monoisotopic (exact) mass is 260 g/mol. The molecule has 5 heteroatoms. The predicted octanol–water partition coefficient (Wildman–Crippen LogP) is 0.0347. The van der Waals surface area contributed by atoms with Crippen LogP contribution in [0.5, 0.6) is 0 Å². The van der Waals surface area contributed by atoms with E-state index in [2.05, 4.69) is 23.6 Å². The highest BCUT2D eigenvalue weighted by atomic mass is 16.5. The van der Waals surface area contributed by atoms with Gasteiger partial charge in [-0.2, -0.15) is 0 Å². The van der Waals surface area contributed by atoms with Crippen LogP contribution in [0.15, 0.2) is 0 Å². The van der Waals surface area contributed by atoms with Crippen LogP contribution in [-0.2, 0) is 9.47 Å². The normalized spacial score (nSPS) is 23.8. The molecule has 0 amide bonds.